The molecule has 2 aromatic rings. The minimum atomic E-state index is -0.0959. The number of thiophene rings is 1. The van der Waals surface area contributed by atoms with Crippen LogP contribution in [0.2, 0.25) is 0 Å². The van der Waals surface area contributed by atoms with Gasteiger partial charge >= 0.3 is 0 Å². The first-order valence-electron chi connectivity index (χ1n) is 6.10. The van der Waals surface area contributed by atoms with Gasteiger partial charge in [0.2, 0.25) is 0 Å². The summed E-state index contributed by atoms with van der Waals surface area (Å²) in [5.74, 6) is 0.812. The average molecular weight is 295 g/mol. The van der Waals surface area contributed by atoms with Crippen LogP contribution in [0.4, 0.5) is 5.69 Å². The predicted octanol–water partition coefficient (Wildman–Crippen LogP) is 2.75. The van der Waals surface area contributed by atoms with Gasteiger partial charge in [0.05, 0.1) is 5.69 Å². The van der Waals surface area contributed by atoms with Crippen molar-refractivity contribution in [3.05, 3.63) is 23.2 Å². The summed E-state index contributed by atoms with van der Waals surface area (Å²) in [6.45, 7) is 2.07. The van der Waals surface area contributed by atoms with Gasteiger partial charge in [0, 0.05) is 23.4 Å². The molecule has 6 heteroatoms. The largest absolute Gasteiger partial charge is 0.397 e. The van der Waals surface area contributed by atoms with Crippen molar-refractivity contribution in [2.45, 2.75) is 19.4 Å². The van der Waals surface area contributed by atoms with E-state index in [-0.39, 0.29) is 11.9 Å². The highest BCUT2D eigenvalue weighted by Crippen LogP contribution is 2.31. The highest BCUT2D eigenvalue weighted by Gasteiger charge is 2.19. The van der Waals surface area contributed by atoms with Crippen LogP contribution < -0.4 is 11.1 Å². The number of nitrogen functional groups attached to an aromatic ring is 1. The summed E-state index contributed by atoms with van der Waals surface area (Å²) in [7, 11) is 0. The van der Waals surface area contributed by atoms with Gasteiger partial charge in [-0.05, 0) is 24.8 Å². The molecule has 0 aromatic carbocycles. The molecule has 1 amide bonds. The Balaban J connectivity index is 2.24. The van der Waals surface area contributed by atoms with Crippen LogP contribution in [0.3, 0.4) is 0 Å². The van der Waals surface area contributed by atoms with Crippen LogP contribution in [0.15, 0.2) is 18.3 Å². The molecule has 1 unspecified atom stereocenters. The van der Waals surface area contributed by atoms with Crippen molar-refractivity contribution in [1.82, 2.24) is 10.3 Å². The van der Waals surface area contributed by atoms with E-state index in [1.54, 1.807) is 18.0 Å². The number of pyridine rings is 1. The smallest absolute Gasteiger partial charge is 0.263 e. The van der Waals surface area contributed by atoms with E-state index < -0.39 is 0 Å². The number of nitrogens with one attached hydrogen (secondary N) is 1. The van der Waals surface area contributed by atoms with Gasteiger partial charge in [0.25, 0.3) is 5.91 Å². The molecule has 0 saturated carbocycles. The normalized spacial score (nSPS) is 12.5. The van der Waals surface area contributed by atoms with Crippen LogP contribution >= 0.6 is 23.1 Å². The number of hydrogen-bond acceptors (Lipinski definition) is 5. The third kappa shape index (κ3) is 3.01. The third-order valence-electron chi connectivity index (χ3n) is 2.91. The summed E-state index contributed by atoms with van der Waals surface area (Å²) in [5, 5.41) is 3.89. The van der Waals surface area contributed by atoms with Crippen LogP contribution in [0.1, 0.15) is 23.0 Å². The molecule has 0 radical (unpaired) electrons. The summed E-state index contributed by atoms with van der Waals surface area (Å²) in [6.07, 6.45) is 4.66. The minimum Gasteiger partial charge on any atom is -0.397 e. The molecule has 2 aromatic heterocycles. The molecule has 0 aliphatic carbocycles. The molecule has 0 saturated heterocycles. The highest BCUT2D eigenvalue weighted by atomic mass is 32.2. The summed E-state index contributed by atoms with van der Waals surface area (Å²) in [4.78, 5) is 17.9. The maximum atomic E-state index is 12.3. The number of carbonyl (C=O) groups is 1. The fourth-order valence-electron chi connectivity index (χ4n) is 1.83. The second-order valence-electron chi connectivity index (χ2n) is 4.23. The molecule has 0 aliphatic rings. The molecule has 0 aliphatic heterocycles. The molecule has 4 nitrogen and oxygen atoms in total. The molecule has 1 atom stereocenters. The Hall–Kier alpha value is -1.27. The van der Waals surface area contributed by atoms with Gasteiger partial charge in [-0.3, -0.25) is 4.79 Å². The van der Waals surface area contributed by atoms with Crippen LogP contribution in [0, 0.1) is 0 Å². The summed E-state index contributed by atoms with van der Waals surface area (Å²) >= 11 is 3.07. The lowest BCUT2D eigenvalue weighted by Gasteiger charge is -2.15. The number of anilines is 1. The van der Waals surface area contributed by atoms with E-state index in [0.29, 0.717) is 10.6 Å². The van der Waals surface area contributed by atoms with Gasteiger partial charge in [-0.1, -0.05) is 6.92 Å². The van der Waals surface area contributed by atoms with Crippen molar-refractivity contribution in [2.24, 2.45) is 0 Å². The van der Waals surface area contributed by atoms with E-state index in [1.807, 2.05) is 18.4 Å². The molecular weight excluding hydrogens is 278 g/mol. The van der Waals surface area contributed by atoms with Crippen molar-refractivity contribution in [1.29, 1.82) is 0 Å². The first-order valence-corrected chi connectivity index (χ1v) is 8.31. The van der Waals surface area contributed by atoms with Gasteiger partial charge in [-0.15, -0.1) is 11.3 Å². The number of nitrogens with two attached hydrogens (primary N) is 1. The number of amides is 1. The molecule has 0 spiro atoms. The Bertz CT molecular complexity index is 582. The standard InChI is InChI=1S/C13H17N3OS2/c1-3-8(7-18-2)16-12(17)11-10(14)9-5-4-6-15-13(9)19-11/h4-6,8H,3,7,14H2,1-2H3,(H,16,17). The number of thioether (sulfide) groups is 1. The molecule has 19 heavy (non-hydrogen) atoms. The Morgan fingerprint density at radius 2 is 2.42 bits per heavy atom. The fourth-order valence-corrected chi connectivity index (χ4v) is 3.52. The van der Waals surface area contributed by atoms with E-state index in [0.717, 1.165) is 22.4 Å². The zero-order valence-electron chi connectivity index (χ0n) is 11.0. The molecular formula is C13H17N3OS2. The first-order chi connectivity index (χ1) is 9.17. The van der Waals surface area contributed by atoms with E-state index in [9.17, 15) is 4.79 Å². The fraction of sp³-hybridized carbons (Fsp3) is 0.385. The summed E-state index contributed by atoms with van der Waals surface area (Å²) in [6, 6.07) is 3.90. The lowest BCUT2D eigenvalue weighted by Crippen LogP contribution is -2.36. The maximum Gasteiger partial charge on any atom is 0.263 e. The molecule has 0 bridgehead atoms. The van der Waals surface area contributed by atoms with Gasteiger partial charge < -0.3 is 11.1 Å². The summed E-state index contributed by atoms with van der Waals surface area (Å²) < 4.78 is 0. The van der Waals surface area contributed by atoms with Crippen LogP contribution in [-0.4, -0.2) is 28.9 Å². The van der Waals surface area contributed by atoms with E-state index in [4.69, 9.17) is 5.73 Å². The maximum absolute atomic E-state index is 12.3. The Labute approximate surface area is 120 Å². The van der Waals surface area contributed by atoms with Gasteiger partial charge in [-0.2, -0.15) is 11.8 Å². The Morgan fingerprint density at radius 1 is 1.63 bits per heavy atom. The zero-order chi connectivity index (χ0) is 13.8. The highest BCUT2D eigenvalue weighted by molar-refractivity contribution is 7.98. The number of aromatic nitrogens is 1. The van der Waals surface area contributed by atoms with Gasteiger partial charge in [0.15, 0.2) is 0 Å². The van der Waals surface area contributed by atoms with Crippen LogP contribution in [0.5, 0.6) is 0 Å². The first kappa shape index (κ1) is 14.1. The van der Waals surface area contributed by atoms with E-state index in [2.05, 4.69) is 17.2 Å². The second-order valence-corrected chi connectivity index (χ2v) is 6.14. The van der Waals surface area contributed by atoms with Crippen molar-refractivity contribution in [3.63, 3.8) is 0 Å². The van der Waals surface area contributed by atoms with Crippen molar-refractivity contribution in [3.8, 4) is 0 Å². The Kier molecular flexibility index (Phi) is 4.66. The van der Waals surface area contributed by atoms with Gasteiger partial charge in [0.1, 0.15) is 9.71 Å². The van der Waals surface area contributed by atoms with Crippen LogP contribution in [0.25, 0.3) is 10.2 Å². The van der Waals surface area contributed by atoms with Crippen molar-refractivity contribution in [2.75, 3.05) is 17.7 Å². The van der Waals surface area contributed by atoms with Crippen molar-refractivity contribution >= 4 is 44.9 Å². The van der Waals surface area contributed by atoms with Crippen LogP contribution in [-0.2, 0) is 0 Å². The summed E-state index contributed by atoms with van der Waals surface area (Å²) in [5.41, 5.74) is 6.57. The SMILES string of the molecule is CCC(CSC)NC(=O)c1sc2ncccc2c1N. The lowest BCUT2D eigenvalue weighted by molar-refractivity contribution is 0.0945. The minimum absolute atomic E-state index is 0.0959. The monoisotopic (exact) mass is 295 g/mol. The number of rotatable bonds is 5. The predicted molar refractivity (Wildman–Crippen MR) is 84.0 cm³/mol. The number of carbonyl (C=O) groups excluding carboxylic acids is 1. The average Bonchev–Trinajstić information content (AvgIpc) is 2.76. The van der Waals surface area contributed by atoms with E-state index in [1.165, 1.54) is 11.3 Å². The molecule has 102 valence electrons. The number of hydrogen-bond donors (Lipinski definition) is 2. The second kappa shape index (κ2) is 6.25. The molecule has 2 rings (SSSR count). The quantitative estimate of drug-likeness (QED) is 0.890. The van der Waals surface area contributed by atoms with E-state index >= 15 is 0 Å². The molecule has 3 N–H and O–H groups in total. The zero-order valence-corrected chi connectivity index (χ0v) is 12.6. The van der Waals surface area contributed by atoms with Gasteiger partial charge in [-0.25, -0.2) is 4.98 Å². The Morgan fingerprint density at radius 3 is 3.05 bits per heavy atom. The molecule has 2 heterocycles. The topological polar surface area (TPSA) is 68.0 Å². The number of nitrogens with zero attached hydrogens (tertiary/aromatic N) is 1. The van der Waals surface area contributed by atoms with Crippen molar-refractivity contribution < 1.29 is 4.79 Å². The molecule has 0 fully saturated rings. The number of fused-ring (bicyclic) bond motifs is 1. The lowest BCUT2D eigenvalue weighted by atomic mass is 10.2. The third-order valence-corrected chi connectivity index (χ3v) is 4.77.